The Morgan fingerprint density at radius 2 is 2.25 bits per heavy atom. The quantitative estimate of drug-likeness (QED) is 0.297. The Bertz CT molecular complexity index is 505. The van der Waals surface area contributed by atoms with Gasteiger partial charge < -0.3 is 10.1 Å². The maximum absolute atomic E-state index is 11.7. The fraction of sp³-hybridized carbons (Fsp3) is 0.364. The molecule has 0 radical (unpaired) electrons. The Morgan fingerprint density at radius 1 is 1.50 bits per heavy atom. The second-order valence-electron chi connectivity index (χ2n) is 3.70. The SMILES string of the molecule is CC(=O)OC[n+]1cccc(C(=O)NCCO[N+](=O)O)c1. The summed E-state index contributed by atoms with van der Waals surface area (Å²) in [5, 5.41) is 9.98. The number of carbonyl (C=O) groups is 2. The van der Waals surface area contributed by atoms with Crippen LogP contribution in [0.2, 0.25) is 0 Å². The lowest BCUT2D eigenvalue weighted by Crippen LogP contribution is -2.37. The van der Waals surface area contributed by atoms with E-state index in [1.54, 1.807) is 18.3 Å². The molecule has 108 valence electrons. The number of rotatable bonds is 7. The van der Waals surface area contributed by atoms with Gasteiger partial charge in [0.1, 0.15) is 10.5 Å². The van der Waals surface area contributed by atoms with Gasteiger partial charge in [-0.05, 0) is 6.07 Å². The lowest BCUT2D eigenvalue weighted by molar-refractivity contribution is -0.975. The first-order valence-electron chi connectivity index (χ1n) is 5.69. The van der Waals surface area contributed by atoms with Crippen molar-refractivity contribution in [3.05, 3.63) is 35.0 Å². The first-order valence-corrected chi connectivity index (χ1v) is 5.69. The van der Waals surface area contributed by atoms with E-state index in [0.717, 1.165) is 0 Å². The number of esters is 1. The normalized spacial score (nSPS) is 9.65. The van der Waals surface area contributed by atoms with Crippen molar-refractivity contribution in [2.45, 2.75) is 13.7 Å². The van der Waals surface area contributed by atoms with Crippen LogP contribution >= 0.6 is 0 Å². The van der Waals surface area contributed by atoms with Crippen molar-refractivity contribution in [3.63, 3.8) is 0 Å². The number of ether oxygens (including phenoxy) is 1. The number of hydrogen-bond acceptors (Lipinski definition) is 5. The molecule has 9 heteroatoms. The summed E-state index contributed by atoms with van der Waals surface area (Å²) in [6, 6.07) is 3.20. The van der Waals surface area contributed by atoms with Gasteiger partial charge in [0.05, 0.1) is 6.54 Å². The third-order valence-electron chi connectivity index (χ3n) is 2.13. The monoisotopic (exact) mass is 285 g/mol. The van der Waals surface area contributed by atoms with Crippen LogP contribution in [0.4, 0.5) is 0 Å². The van der Waals surface area contributed by atoms with Crippen LogP contribution in [-0.2, 0) is 21.1 Å². The van der Waals surface area contributed by atoms with E-state index < -0.39 is 11.1 Å². The molecule has 2 N–H and O–H groups in total. The molecule has 0 aliphatic heterocycles. The maximum atomic E-state index is 11.7. The molecular formula is C11H15N3O6+2. The highest BCUT2D eigenvalue weighted by atomic mass is 16.9. The average Bonchev–Trinajstić information content (AvgIpc) is 2.41. The number of nitrogens with zero attached hydrogens (tertiary/aromatic N) is 2. The highest BCUT2D eigenvalue weighted by Crippen LogP contribution is 1.94. The molecular weight excluding hydrogens is 270 g/mol. The summed E-state index contributed by atoms with van der Waals surface area (Å²) < 4.78 is 6.32. The zero-order valence-corrected chi connectivity index (χ0v) is 10.8. The van der Waals surface area contributed by atoms with Crippen molar-refractivity contribution in [1.29, 1.82) is 0 Å². The molecule has 0 unspecified atom stereocenters. The van der Waals surface area contributed by atoms with Crippen molar-refractivity contribution < 1.29 is 34.0 Å². The minimum absolute atomic E-state index is 0.00915. The van der Waals surface area contributed by atoms with E-state index in [-0.39, 0.29) is 25.8 Å². The smallest absolute Gasteiger partial charge is 0.405 e. The van der Waals surface area contributed by atoms with Gasteiger partial charge in [0.15, 0.2) is 19.0 Å². The number of hydrogen-bond donors (Lipinski definition) is 2. The molecule has 0 aromatic carbocycles. The van der Waals surface area contributed by atoms with E-state index in [1.807, 2.05) is 0 Å². The van der Waals surface area contributed by atoms with Gasteiger partial charge in [0.25, 0.3) is 12.6 Å². The molecule has 9 nitrogen and oxygen atoms in total. The first-order chi connectivity index (χ1) is 9.49. The topological polar surface area (TPSA) is 109 Å². The van der Waals surface area contributed by atoms with Crippen LogP contribution in [0.3, 0.4) is 0 Å². The highest BCUT2D eigenvalue weighted by Gasteiger charge is 2.12. The molecule has 0 atom stereocenters. The Balaban J connectivity index is 2.49. The third-order valence-corrected chi connectivity index (χ3v) is 2.13. The fourth-order valence-electron chi connectivity index (χ4n) is 1.29. The zero-order valence-electron chi connectivity index (χ0n) is 10.8. The zero-order chi connectivity index (χ0) is 15.0. The van der Waals surface area contributed by atoms with Gasteiger partial charge in [-0.15, -0.1) is 0 Å². The second-order valence-corrected chi connectivity index (χ2v) is 3.70. The first kappa shape index (κ1) is 15.3. The standard InChI is InChI=1S/C11H14N3O6/c1-9(15)19-8-13-5-2-3-10(7-13)11(16)12-4-6-20-14(17)18/h2-3,5,7H,4,6,8H2,1H3,(H-,12,16,17,18)/q+1/p+1. The molecule has 0 spiro atoms. The second kappa shape index (κ2) is 7.67. The molecule has 0 fully saturated rings. The van der Waals surface area contributed by atoms with Crippen LogP contribution in [0.1, 0.15) is 17.3 Å². The fourth-order valence-corrected chi connectivity index (χ4v) is 1.29. The van der Waals surface area contributed by atoms with Gasteiger partial charge in [0, 0.05) is 13.0 Å². The number of nitrogens with one attached hydrogen (secondary N) is 1. The minimum atomic E-state index is -0.679. The van der Waals surface area contributed by atoms with Crippen LogP contribution in [0.25, 0.3) is 0 Å². The lowest BCUT2D eigenvalue weighted by atomic mass is 10.2. The summed E-state index contributed by atoms with van der Waals surface area (Å²) in [5.41, 5.74) is 0.350. The van der Waals surface area contributed by atoms with E-state index >= 15 is 0 Å². The summed E-state index contributed by atoms with van der Waals surface area (Å²) in [5.74, 6) is -0.808. The summed E-state index contributed by atoms with van der Waals surface area (Å²) in [6.07, 6.45) is 3.15. The number of aromatic nitrogens is 1. The third kappa shape index (κ3) is 5.76. The number of amides is 1. The Hall–Kier alpha value is -2.71. The summed E-state index contributed by atoms with van der Waals surface area (Å²) >= 11 is 0. The van der Waals surface area contributed by atoms with Crippen LogP contribution in [0.15, 0.2) is 24.5 Å². The van der Waals surface area contributed by atoms with Gasteiger partial charge in [-0.3, -0.25) is 9.59 Å². The molecule has 1 aromatic heterocycles. The van der Waals surface area contributed by atoms with E-state index in [9.17, 15) is 14.5 Å². The molecule has 1 amide bonds. The number of carbonyl (C=O) groups excluding carboxylic acids is 2. The summed E-state index contributed by atoms with van der Waals surface area (Å²) in [7, 11) is 0. The van der Waals surface area contributed by atoms with E-state index in [4.69, 9.17) is 9.94 Å². The van der Waals surface area contributed by atoms with Crippen molar-refractivity contribution in [2.75, 3.05) is 13.2 Å². The predicted octanol–water partition coefficient (Wildman–Crippen LogP) is -0.676. The average molecular weight is 285 g/mol. The van der Waals surface area contributed by atoms with E-state index in [1.165, 1.54) is 17.7 Å². The molecule has 1 rings (SSSR count). The van der Waals surface area contributed by atoms with Gasteiger partial charge >= 0.3 is 11.1 Å². The lowest BCUT2D eigenvalue weighted by Gasteiger charge is -2.02. The minimum Gasteiger partial charge on any atom is -0.405 e. The number of pyridine rings is 1. The van der Waals surface area contributed by atoms with E-state index in [0.29, 0.717) is 5.56 Å². The van der Waals surface area contributed by atoms with Crippen molar-refractivity contribution in [1.82, 2.24) is 5.32 Å². The molecule has 0 bridgehead atoms. The molecule has 20 heavy (non-hydrogen) atoms. The van der Waals surface area contributed by atoms with Gasteiger partial charge in [-0.2, -0.15) is 9.40 Å². The van der Waals surface area contributed by atoms with Crippen molar-refractivity contribution >= 4 is 11.9 Å². The molecule has 0 aliphatic carbocycles. The van der Waals surface area contributed by atoms with Crippen molar-refractivity contribution in [2.24, 2.45) is 0 Å². The van der Waals surface area contributed by atoms with Crippen LogP contribution < -0.4 is 9.88 Å². The van der Waals surface area contributed by atoms with Gasteiger partial charge in [0.2, 0.25) is 0 Å². The molecule has 0 aliphatic rings. The van der Waals surface area contributed by atoms with Crippen LogP contribution in [0.5, 0.6) is 0 Å². The Morgan fingerprint density at radius 3 is 2.90 bits per heavy atom. The highest BCUT2D eigenvalue weighted by molar-refractivity contribution is 5.93. The summed E-state index contributed by atoms with van der Waals surface area (Å²) in [4.78, 5) is 36.6. The van der Waals surface area contributed by atoms with E-state index in [2.05, 4.69) is 10.2 Å². The van der Waals surface area contributed by atoms with Gasteiger partial charge in [-0.1, -0.05) is 0 Å². The van der Waals surface area contributed by atoms with Crippen LogP contribution in [-0.4, -0.2) is 35.3 Å². The summed E-state index contributed by atoms with van der Waals surface area (Å²) in [6.45, 7) is 1.19. The maximum Gasteiger partial charge on any atom is 0.475 e. The largest absolute Gasteiger partial charge is 0.475 e. The molecule has 1 aromatic rings. The van der Waals surface area contributed by atoms with Crippen molar-refractivity contribution in [3.8, 4) is 0 Å². The van der Waals surface area contributed by atoms with Gasteiger partial charge in [-0.25, -0.2) is 5.21 Å². The Labute approximate surface area is 114 Å². The predicted molar refractivity (Wildman–Crippen MR) is 62.1 cm³/mol. The Kier molecular flexibility index (Phi) is 5.88. The van der Waals surface area contributed by atoms with Crippen LogP contribution in [0, 0.1) is 4.91 Å². The molecule has 1 heterocycles. The molecule has 0 saturated carbocycles. The molecule has 0 saturated heterocycles.